The Morgan fingerprint density at radius 3 is 3.00 bits per heavy atom. The van der Waals surface area contributed by atoms with E-state index in [9.17, 15) is 9.59 Å². The summed E-state index contributed by atoms with van der Waals surface area (Å²) in [5, 5.41) is 2.82. The first-order valence-electron chi connectivity index (χ1n) is 6.59. The first kappa shape index (κ1) is 14.8. The molecule has 0 radical (unpaired) electrons. The van der Waals surface area contributed by atoms with Gasteiger partial charge in [0.1, 0.15) is 6.54 Å². The summed E-state index contributed by atoms with van der Waals surface area (Å²) in [5.41, 5.74) is 1.49. The first-order chi connectivity index (χ1) is 10.1. The average molecular weight is 290 g/mol. The Morgan fingerprint density at radius 1 is 1.52 bits per heavy atom. The van der Waals surface area contributed by atoms with E-state index in [2.05, 4.69) is 15.3 Å². The van der Waals surface area contributed by atoms with Crippen LogP contribution in [0.25, 0.3) is 0 Å². The minimum absolute atomic E-state index is 0.122. The van der Waals surface area contributed by atoms with Crippen LogP contribution in [0.3, 0.4) is 0 Å². The van der Waals surface area contributed by atoms with Gasteiger partial charge in [-0.2, -0.15) is 0 Å². The molecule has 0 aromatic carbocycles. The third-order valence-electron chi connectivity index (χ3n) is 3.11. The molecule has 0 spiro atoms. The van der Waals surface area contributed by atoms with Crippen LogP contribution in [0.4, 0.5) is 0 Å². The number of pyridine rings is 1. The van der Waals surface area contributed by atoms with E-state index in [0.29, 0.717) is 18.7 Å². The molecule has 7 heteroatoms. The van der Waals surface area contributed by atoms with Crippen LogP contribution in [0.1, 0.15) is 11.4 Å². The Kier molecular flexibility index (Phi) is 4.76. The van der Waals surface area contributed by atoms with Gasteiger partial charge in [-0.15, -0.1) is 0 Å². The molecule has 0 atom stereocenters. The lowest BCUT2D eigenvalue weighted by Crippen LogP contribution is -2.30. The SMILES string of the molecule is COc1cn(CC(=O)NCCc2cnc[nH]2)c(C)cc1=O. The number of hydrogen-bond donors (Lipinski definition) is 2. The Balaban J connectivity index is 1.91. The van der Waals surface area contributed by atoms with E-state index < -0.39 is 0 Å². The summed E-state index contributed by atoms with van der Waals surface area (Å²) >= 11 is 0. The van der Waals surface area contributed by atoms with E-state index in [4.69, 9.17) is 4.74 Å². The molecule has 0 fully saturated rings. The number of aromatic amines is 1. The van der Waals surface area contributed by atoms with Gasteiger partial charge in [0, 0.05) is 36.6 Å². The molecule has 2 rings (SSSR count). The highest BCUT2D eigenvalue weighted by Gasteiger charge is 2.07. The van der Waals surface area contributed by atoms with E-state index in [0.717, 1.165) is 5.69 Å². The van der Waals surface area contributed by atoms with Crippen LogP contribution in [0.2, 0.25) is 0 Å². The van der Waals surface area contributed by atoms with Gasteiger partial charge in [-0.05, 0) is 6.92 Å². The van der Waals surface area contributed by atoms with Crippen molar-refractivity contribution in [3.05, 3.63) is 46.4 Å². The van der Waals surface area contributed by atoms with Crippen LogP contribution in [-0.2, 0) is 17.8 Å². The average Bonchev–Trinajstić information content (AvgIpc) is 2.95. The Labute approximate surface area is 122 Å². The van der Waals surface area contributed by atoms with Crippen molar-refractivity contribution in [1.29, 1.82) is 0 Å². The van der Waals surface area contributed by atoms with Crippen molar-refractivity contribution in [3.8, 4) is 5.75 Å². The third-order valence-corrected chi connectivity index (χ3v) is 3.11. The molecule has 2 heterocycles. The van der Waals surface area contributed by atoms with Gasteiger partial charge < -0.3 is 19.6 Å². The van der Waals surface area contributed by atoms with Gasteiger partial charge in [-0.1, -0.05) is 0 Å². The Hall–Kier alpha value is -2.57. The molecular formula is C14H18N4O3. The summed E-state index contributed by atoms with van der Waals surface area (Å²) in [6.07, 6.45) is 5.57. The summed E-state index contributed by atoms with van der Waals surface area (Å²) in [6.45, 7) is 2.45. The van der Waals surface area contributed by atoms with Crippen LogP contribution in [0.5, 0.6) is 5.75 Å². The maximum Gasteiger partial charge on any atom is 0.239 e. The van der Waals surface area contributed by atoms with Gasteiger partial charge in [0.05, 0.1) is 19.6 Å². The predicted octanol–water partition coefficient (Wildman–Crippen LogP) is 0.247. The number of ether oxygens (including phenoxy) is 1. The fourth-order valence-electron chi connectivity index (χ4n) is 1.94. The molecule has 0 aliphatic carbocycles. The molecule has 0 aliphatic rings. The minimum Gasteiger partial charge on any atom is -0.491 e. The number of nitrogens with one attached hydrogen (secondary N) is 2. The first-order valence-corrected chi connectivity index (χ1v) is 6.59. The summed E-state index contributed by atoms with van der Waals surface area (Å²) < 4.78 is 6.66. The topological polar surface area (TPSA) is 89.0 Å². The maximum absolute atomic E-state index is 11.9. The van der Waals surface area contributed by atoms with E-state index in [1.807, 2.05) is 0 Å². The van der Waals surface area contributed by atoms with E-state index >= 15 is 0 Å². The van der Waals surface area contributed by atoms with Crippen LogP contribution >= 0.6 is 0 Å². The number of carbonyl (C=O) groups is 1. The molecule has 0 saturated heterocycles. The zero-order valence-electron chi connectivity index (χ0n) is 12.0. The molecule has 21 heavy (non-hydrogen) atoms. The van der Waals surface area contributed by atoms with Crippen molar-refractivity contribution < 1.29 is 9.53 Å². The molecule has 2 aromatic heterocycles. The quantitative estimate of drug-likeness (QED) is 0.798. The number of aryl methyl sites for hydroxylation is 1. The molecule has 2 aromatic rings. The summed E-state index contributed by atoms with van der Waals surface area (Å²) in [5.74, 6) is 0.106. The van der Waals surface area contributed by atoms with E-state index in [-0.39, 0.29) is 23.6 Å². The van der Waals surface area contributed by atoms with Crippen LogP contribution < -0.4 is 15.5 Å². The predicted molar refractivity (Wildman–Crippen MR) is 77.3 cm³/mol. The number of nitrogens with zero attached hydrogens (tertiary/aromatic N) is 2. The molecule has 0 bridgehead atoms. The number of hydrogen-bond acceptors (Lipinski definition) is 4. The summed E-state index contributed by atoms with van der Waals surface area (Å²) in [6, 6.07) is 1.46. The van der Waals surface area contributed by atoms with Gasteiger partial charge >= 0.3 is 0 Å². The molecule has 0 unspecified atom stereocenters. The fraction of sp³-hybridized carbons (Fsp3) is 0.357. The zero-order valence-corrected chi connectivity index (χ0v) is 12.0. The smallest absolute Gasteiger partial charge is 0.239 e. The highest BCUT2D eigenvalue weighted by molar-refractivity contribution is 5.75. The molecule has 0 aliphatic heterocycles. The molecule has 2 N–H and O–H groups in total. The highest BCUT2D eigenvalue weighted by Crippen LogP contribution is 2.05. The van der Waals surface area contributed by atoms with Gasteiger partial charge in [0.2, 0.25) is 11.3 Å². The van der Waals surface area contributed by atoms with E-state index in [1.54, 1.807) is 30.2 Å². The molecule has 7 nitrogen and oxygen atoms in total. The number of H-pyrrole nitrogens is 1. The van der Waals surface area contributed by atoms with Gasteiger partial charge in [0.15, 0.2) is 5.75 Å². The lowest BCUT2D eigenvalue weighted by atomic mass is 10.3. The van der Waals surface area contributed by atoms with Crippen LogP contribution in [0.15, 0.2) is 29.6 Å². The minimum atomic E-state index is -0.189. The standard InChI is InChI=1S/C14H18N4O3/c1-10-5-12(19)13(21-2)7-18(10)8-14(20)16-4-3-11-6-15-9-17-11/h5-7,9H,3-4,8H2,1-2H3,(H,15,17)(H,16,20). The largest absolute Gasteiger partial charge is 0.491 e. The Bertz CT molecular complexity index is 661. The van der Waals surface area contributed by atoms with Crippen LogP contribution in [0, 0.1) is 6.92 Å². The number of carbonyl (C=O) groups excluding carboxylic acids is 1. The Morgan fingerprint density at radius 2 is 2.33 bits per heavy atom. The van der Waals surface area contributed by atoms with Crippen molar-refractivity contribution in [3.63, 3.8) is 0 Å². The lowest BCUT2D eigenvalue weighted by molar-refractivity contribution is -0.121. The third kappa shape index (κ3) is 3.95. The number of rotatable bonds is 6. The molecule has 0 saturated carbocycles. The number of amides is 1. The fourth-order valence-corrected chi connectivity index (χ4v) is 1.94. The van der Waals surface area contributed by atoms with Gasteiger partial charge in [-0.3, -0.25) is 9.59 Å². The van der Waals surface area contributed by atoms with Crippen molar-refractivity contribution in [2.24, 2.45) is 0 Å². The zero-order chi connectivity index (χ0) is 15.2. The second kappa shape index (κ2) is 6.74. The van der Waals surface area contributed by atoms with Crippen molar-refractivity contribution in [2.45, 2.75) is 19.9 Å². The normalized spacial score (nSPS) is 10.4. The van der Waals surface area contributed by atoms with E-state index in [1.165, 1.54) is 13.2 Å². The van der Waals surface area contributed by atoms with Crippen molar-refractivity contribution in [1.82, 2.24) is 19.9 Å². The molecular weight excluding hydrogens is 272 g/mol. The van der Waals surface area contributed by atoms with Crippen molar-refractivity contribution in [2.75, 3.05) is 13.7 Å². The number of imidazole rings is 1. The van der Waals surface area contributed by atoms with Gasteiger partial charge in [-0.25, -0.2) is 4.98 Å². The highest BCUT2D eigenvalue weighted by atomic mass is 16.5. The molecule has 112 valence electrons. The number of aromatic nitrogens is 3. The summed E-state index contributed by atoms with van der Waals surface area (Å²) in [4.78, 5) is 30.3. The lowest BCUT2D eigenvalue weighted by Gasteiger charge is -2.12. The monoisotopic (exact) mass is 290 g/mol. The van der Waals surface area contributed by atoms with Gasteiger partial charge in [0.25, 0.3) is 0 Å². The van der Waals surface area contributed by atoms with Crippen molar-refractivity contribution >= 4 is 5.91 Å². The summed E-state index contributed by atoms with van der Waals surface area (Å²) in [7, 11) is 1.43. The maximum atomic E-state index is 11.9. The second-order valence-electron chi connectivity index (χ2n) is 4.65. The number of methoxy groups -OCH3 is 1. The second-order valence-corrected chi connectivity index (χ2v) is 4.65. The van der Waals surface area contributed by atoms with Crippen LogP contribution in [-0.4, -0.2) is 34.1 Å². The molecule has 1 amide bonds.